The number of nitrogens with zero attached hydrogens (tertiary/aromatic N) is 3. The lowest BCUT2D eigenvalue weighted by Crippen LogP contribution is -2.37. The largest absolute Gasteiger partial charge is 0.330 e. The third kappa shape index (κ3) is 71.1. The monoisotopic (exact) mass is 1320 g/mol. The summed E-state index contributed by atoms with van der Waals surface area (Å²) in [5.41, 5.74) is 0. The molecule has 0 fully saturated rings. The first-order valence-electron chi connectivity index (χ1n) is 40.9. The van der Waals surface area contributed by atoms with E-state index in [9.17, 15) is 4.57 Å². The predicted molar refractivity (Wildman–Crippen MR) is 421 cm³/mol. The lowest BCUT2D eigenvalue weighted by Gasteiger charge is -2.28. The highest BCUT2D eigenvalue weighted by atomic mass is 31.2. The third-order valence-corrected chi connectivity index (χ3v) is 20.8. The summed E-state index contributed by atoms with van der Waals surface area (Å²) in [7, 11) is 3.66. The smallest absolute Gasteiger partial charge is 0.307 e. The molecule has 0 spiro atoms. The van der Waals surface area contributed by atoms with Crippen LogP contribution in [0, 0.1) is 5.92 Å². The summed E-state index contributed by atoms with van der Waals surface area (Å²) in [6.45, 7) is 17.7. The Morgan fingerprint density at radius 3 is 0.828 bits per heavy atom. The van der Waals surface area contributed by atoms with Gasteiger partial charge < -0.3 is 23.7 Å². The molecule has 0 aliphatic heterocycles. The number of rotatable bonds is 75. The molecule has 0 saturated heterocycles. The minimum Gasteiger partial charge on any atom is -0.307 e. The fourth-order valence-electron chi connectivity index (χ4n) is 12.3. The zero-order chi connectivity index (χ0) is 67.5. The van der Waals surface area contributed by atoms with E-state index >= 15 is 0 Å². The zero-order valence-corrected chi connectivity index (χ0v) is 64.7. The topological polar surface area (TPSA) is 45.2 Å². The summed E-state index contributed by atoms with van der Waals surface area (Å²) in [5.74, 6) is 0.799. The molecule has 0 N–H and O–H groups in total. The molecule has 0 bridgehead atoms. The standard InChI is InChI=1S/C86H162N3O3P/c1-9-14-18-22-26-30-34-38-42-46-50-54-58-62-66-70-74-85(75-71-67-63-59-55-51-47-43-39-35-31-27-23-19-15-10-2)84-89(8)81-80-87(6)78-79-88(7)82-83-91-93(90,13-5)92-86(76-72-68-64-60-56-52-48-44-40-36-32-28-24-20-16-11-3)77-73-69-65-61-57-53-49-45-41-37-33-29-25-21-17-12-4/h26-33,38-45,85-86H,9-25,34-37,46-84H2,1-8H3. The molecule has 0 heterocycles. The normalized spacial score (nSPS) is 14.1. The van der Waals surface area contributed by atoms with Crippen molar-refractivity contribution in [2.75, 3.05) is 73.2 Å². The van der Waals surface area contributed by atoms with Crippen molar-refractivity contribution in [3.05, 3.63) is 97.2 Å². The highest BCUT2D eigenvalue weighted by Gasteiger charge is 2.27. The number of likely N-dealkylation sites (N-methyl/N-ethyl adjacent to an activating group) is 3. The summed E-state index contributed by atoms with van der Waals surface area (Å²) < 4.78 is 27.2. The van der Waals surface area contributed by atoms with Crippen LogP contribution in [-0.2, 0) is 13.6 Å². The van der Waals surface area contributed by atoms with Gasteiger partial charge in [-0.1, -0.05) is 312 Å². The summed E-state index contributed by atoms with van der Waals surface area (Å²) in [4.78, 5) is 7.48. The van der Waals surface area contributed by atoms with Gasteiger partial charge in [-0.05, 0) is 181 Å². The summed E-state index contributed by atoms with van der Waals surface area (Å²) in [6.07, 6.45) is 105. The Labute approximate surface area is 583 Å². The van der Waals surface area contributed by atoms with Gasteiger partial charge in [-0.3, -0.25) is 4.57 Å². The second-order valence-corrected chi connectivity index (χ2v) is 30.5. The predicted octanol–water partition coefficient (Wildman–Crippen LogP) is 27.8. The van der Waals surface area contributed by atoms with E-state index in [0.717, 1.165) is 90.0 Å². The van der Waals surface area contributed by atoms with Gasteiger partial charge >= 0.3 is 7.60 Å². The summed E-state index contributed by atoms with van der Waals surface area (Å²) >= 11 is 0. The number of allylic oxidation sites excluding steroid dienone is 16. The van der Waals surface area contributed by atoms with E-state index in [2.05, 4.69) is 161 Å². The van der Waals surface area contributed by atoms with Gasteiger partial charge in [0, 0.05) is 45.4 Å². The molecule has 93 heavy (non-hydrogen) atoms. The van der Waals surface area contributed by atoms with Gasteiger partial charge in [0.05, 0.1) is 12.7 Å². The molecule has 0 aromatic heterocycles. The van der Waals surface area contributed by atoms with E-state index in [1.165, 1.54) is 289 Å². The van der Waals surface area contributed by atoms with Crippen LogP contribution in [0.4, 0.5) is 0 Å². The lowest BCUT2D eigenvalue weighted by molar-refractivity contribution is 0.121. The van der Waals surface area contributed by atoms with Crippen molar-refractivity contribution in [3.63, 3.8) is 0 Å². The molecule has 0 aliphatic carbocycles. The number of hydrogen-bond acceptors (Lipinski definition) is 6. The molecule has 0 aromatic carbocycles. The molecule has 0 saturated carbocycles. The molecule has 0 amide bonds. The van der Waals surface area contributed by atoms with E-state index in [4.69, 9.17) is 9.05 Å². The molecule has 544 valence electrons. The molecule has 7 heteroatoms. The quantitative estimate of drug-likeness (QED) is 0.0344. The number of hydrogen-bond donors (Lipinski definition) is 0. The van der Waals surface area contributed by atoms with Gasteiger partial charge in [-0.2, -0.15) is 0 Å². The minimum absolute atomic E-state index is 0.0124. The van der Waals surface area contributed by atoms with Gasteiger partial charge in [-0.25, -0.2) is 0 Å². The first kappa shape index (κ1) is 91.0. The molecular formula is C86H162N3O3P. The Morgan fingerprint density at radius 1 is 0.290 bits per heavy atom. The van der Waals surface area contributed by atoms with Crippen LogP contribution in [0.5, 0.6) is 0 Å². The van der Waals surface area contributed by atoms with Crippen LogP contribution in [0.15, 0.2) is 97.2 Å². The van der Waals surface area contributed by atoms with Crippen LogP contribution in [0.1, 0.15) is 369 Å². The third-order valence-electron chi connectivity index (χ3n) is 18.8. The van der Waals surface area contributed by atoms with Crippen molar-refractivity contribution in [1.29, 1.82) is 0 Å². The van der Waals surface area contributed by atoms with Crippen molar-refractivity contribution in [2.24, 2.45) is 5.92 Å². The van der Waals surface area contributed by atoms with Gasteiger partial charge in [0.15, 0.2) is 0 Å². The Bertz CT molecular complexity index is 1690. The van der Waals surface area contributed by atoms with Gasteiger partial charge in [0.25, 0.3) is 0 Å². The highest BCUT2D eigenvalue weighted by Crippen LogP contribution is 2.50. The van der Waals surface area contributed by atoms with E-state index in [0.29, 0.717) is 12.8 Å². The second kappa shape index (κ2) is 75.7. The SMILES string of the molecule is CCCCCC=CCC=CCCCCCCCCC(CCCCCCCCC=CCC=CCCCCC)CN(C)CCN(C)CCN(C)CCOP(=O)(CC)OC(CCCCCCCCC=CCC=CCCCCC)CCCCCCCCC=CCC=CCCCCC. The first-order chi connectivity index (χ1) is 45.7. The van der Waals surface area contributed by atoms with Gasteiger partial charge in [0.2, 0.25) is 0 Å². The fraction of sp³-hybridized carbons (Fsp3) is 0.814. The maximum Gasteiger partial charge on any atom is 0.330 e. The van der Waals surface area contributed by atoms with Crippen LogP contribution in [-0.4, -0.2) is 94.0 Å². The maximum atomic E-state index is 14.3. The average molecular weight is 1320 g/mol. The minimum atomic E-state index is -3.19. The molecule has 0 rings (SSSR count). The molecule has 0 aliphatic rings. The molecular weight excluding hydrogens is 1150 g/mol. The fourth-order valence-corrected chi connectivity index (χ4v) is 13.8. The summed E-state index contributed by atoms with van der Waals surface area (Å²) in [5, 5.41) is 0. The molecule has 1 unspecified atom stereocenters. The lowest BCUT2D eigenvalue weighted by atomic mass is 9.93. The van der Waals surface area contributed by atoms with Gasteiger partial charge in [-0.15, -0.1) is 0 Å². The van der Waals surface area contributed by atoms with Crippen molar-refractivity contribution in [1.82, 2.24) is 14.7 Å². The Kier molecular flexibility index (Phi) is 74.0. The Morgan fingerprint density at radius 2 is 0.538 bits per heavy atom. The van der Waals surface area contributed by atoms with E-state index in [1.807, 2.05) is 6.92 Å². The average Bonchev–Trinajstić information content (AvgIpc) is 2.56. The van der Waals surface area contributed by atoms with E-state index in [1.54, 1.807) is 0 Å². The highest BCUT2D eigenvalue weighted by molar-refractivity contribution is 7.53. The van der Waals surface area contributed by atoms with E-state index < -0.39 is 7.60 Å². The van der Waals surface area contributed by atoms with Crippen LogP contribution in [0.25, 0.3) is 0 Å². The van der Waals surface area contributed by atoms with Gasteiger partial charge in [0.1, 0.15) is 0 Å². The Balaban J connectivity index is 5.06. The summed E-state index contributed by atoms with van der Waals surface area (Å²) in [6, 6.07) is 0. The second-order valence-electron chi connectivity index (χ2n) is 28.2. The Hall–Kier alpha value is -2.05. The maximum absolute atomic E-state index is 14.3. The first-order valence-corrected chi connectivity index (χ1v) is 42.6. The van der Waals surface area contributed by atoms with Crippen LogP contribution in [0.2, 0.25) is 0 Å². The van der Waals surface area contributed by atoms with Crippen molar-refractivity contribution >= 4 is 7.60 Å². The molecule has 1 atom stereocenters. The van der Waals surface area contributed by atoms with Crippen LogP contribution >= 0.6 is 7.60 Å². The molecule has 0 aromatic rings. The van der Waals surface area contributed by atoms with Crippen LogP contribution < -0.4 is 0 Å². The van der Waals surface area contributed by atoms with Crippen molar-refractivity contribution in [3.8, 4) is 0 Å². The molecule has 0 radical (unpaired) electrons. The van der Waals surface area contributed by atoms with E-state index in [-0.39, 0.29) is 6.10 Å². The number of unbranched alkanes of at least 4 members (excludes halogenated alkanes) is 36. The van der Waals surface area contributed by atoms with Crippen LogP contribution in [0.3, 0.4) is 0 Å². The van der Waals surface area contributed by atoms with Crippen molar-refractivity contribution in [2.45, 2.75) is 375 Å². The zero-order valence-electron chi connectivity index (χ0n) is 63.8. The molecule has 6 nitrogen and oxygen atoms in total. The van der Waals surface area contributed by atoms with Crippen molar-refractivity contribution < 1.29 is 13.6 Å².